The highest BCUT2D eigenvalue weighted by Crippen LogP contribution is 2.26. The maximum atomic E-state index is 12.4. The van der Waals surface area contributed by atoms with Crippen LogP contribution in [0.25, 0.3) is 0 Å². The number of carbonyl (C=O) groups excluding carboxylic acids is 1. The standard InChI is InChI=1S/C11H12Cl2N2O4/c1-14-7(4-6(12)9(14)13)10(16)15-2-3-19-5-8(15)11(17)18/h4,8H,2-3,5H2,1H3,(H,17,18)/t8-/m0/s1. The number of rotatable bonds is 2. The molecule has 1 N–H and O–H groups in total. The number of aromatic nitrogens is 1. The third-order valence-electron chi connectivity index (χ3n) is 3.01. The molecule has 19 heavy (non-hydrogen) atoms. The number of hydrogen-bond donors (Lipinski definition) is 1. The Morgan fingerprint density at radius 1 is 1.47 bits per heavy atom. The number of amides is 1. The first-order chi connectivity index (χ1) is 8.93. The van der Waals surface area contributed by atoms with E-state index in [9.17, 15) is 9.59 Å². The summed E-state index contributed by atoms with van der Waals surface area (Å²) in [5, 5.41) is 9.60. The van der Waals surface area contributed by atoms with Gasteiger partial charge in [0.1, 0.15) is 10.8 Å². The van der Waals surface area contributed by atoms with E-state index < -0.39 is 17.9 Å². The molecule has 1 saturated heterocycles. The van der Waals surface area contributed by atoms with Gasteiger partial charge in [0.25, 0.3) is 5.91 Å². The summed E-state index contributed by atoms with van der Waals surface area (Å²) in [5.74, 6) is -1.52. The second kappa shape index (κ2) is 5.40. The molecule has 1 aromatic heterocycles. The number of morpholine rings is 1. The van der Waals surface area contributed by atoms with E-state index in [4.69, 9.17) is 33.0 Å². The van der Waals surface area contributed by atoms with Gasteiger partial charge >= 0.3 is 5.97 Å². The molecule has 6 nitrogen and oxygen atoms in total. The lowest BCUT2D eigenvalue weighted by atomic mass is 10.2. The van der Waals surface area contributed by atoms with Gasteiger partial charge in [-0.2, -0.15) is 0 Å². The highest BCUT2D eigenvalue weighted by molar-refractivity contribution is 6.41. The van der Waals surface area contributed by atoms with E-state index in [1.165, 1.54) is 15.5 Å². The van der Waals surface area contributed by atoms with Gasteiger partial charge in [-0.05, 0) is 6.07 Å². The zero-order valence-corrected chi connectivity index (χ0v) is 11.6. The molecule has 8 heteroatoms. The Kier molecular flexibility index (Phi) is 4.03. The number of carboxylic acid groups (broad SMARTS) is 1. The number of nitrogens with zero attached hydrogens (tertiary/aromatic N) is 2. The van der Waals surface area contributed by atoms with E-state index in [0.717, 1.165) is 0 Å². The summed E-state index contributed by atoms with van der Waals surface area (Å²) in [6.45, 7) is 0.505. The van der Waals surface area contributed by atoms with Crippen LogP contribution in [-0.2, 0) is 16.6 Å². The lowest BCUT2D eigenvalue weighted by molar-refractivity contribution is -0.147. The molecular formula is C11H12Cl2N2O4. The molecule has 2 rings (SSSR count). The van der Waals surface area contributed by atoms with E-state index in [2.05, 4.69) is 0 Å². The third-order valence-corrected chi connectivity index (χ3v) is 3.85. The van der Waals surface area contributed by atoms with Crippen molar-refractivity contribution in [1.82, 2.24) is 9.47 Å². The fraction of sp³-hybridized carbons (Fsp3) is 0.455. The minimum Gasteiger partial charge on any atom is -0.480 e. The van der Waals surface area contributed by atoms with Gasteiger partial charge in [0.05, 0.1) is 18.2 Å². The highest BCUT2D eigenvalue weighted by atomic mass is 35.5. The van der Waals surface area contributed by atoms with Crippen molar-refractivity contribution < 1.29 is 19.4 Å². The molecular weight excluding hydrogens is 295 g/mol. The summed E-state index contributed by atoms with van der Waals surface area (Å²) in [5.41, 5.74) is 0.253. The van der Waals surface area contributed by atoms with Gasteiger partial charge in [-0.3, -0.25) is 4.79 Å². The fourth-order valence-electron chi connectivity index (χ4n) is 1.95. The van der Waals surface area contributed by atoms with Crippen LogP contribution in [0.4, 0.5) is 0 Å². The SMILES string of the molecule is Cn1c(C(=O)N2CCOC[C@H]2C(=O)O)cc(Cl)c1Cl. The summed E-state index contributed by atoms with van der Waals surface area (Å²) in [6, 6.07) is 0.439. The molecule has 0 aliphatic carbocycles. The van der Waals surface area contributed by atoms with Crippen LogP contribution in [0.1, 0.15) is 10.5 Å². The third kappa shape index (κ3) is 2.56. The van der Waals surface area contributed by atoms with Crippen LogP contribution in [-0.4, -0.2) is 52.3 Å². The van der Waals surface area contributed by atoms with Gasteiger partial charge in [-0.1, -0.05) is 23.2 Å². The first-order valence-electron chi connectivity index (χ1n) is 5.55. The molecule has 0 bridgehead atoms. The molecule has 1 aliphatic heterocycles. The van der Waals surface area contributed by atoms with Gasteiger partial charge < -0.3 is 19.3 Å². The summed E-state index contributed by atoms with van der Waals surface area (Å²) < 4.78 is 6.52. The number of carboxylic acids is 1. The second-order valence-corrected chi connectivity index (χ2v) is 4.92. The summed E-state index contributed by atoms with van der Waals surface area (Å²) in [7, 11) is 1.59. The number of carbonyl (C=O) groups is 2. The van der Waals surface area contributed by atoms with Crippen molar-refractivity contribution in [2.75, 3.05) is 19.8 Å². The summed E-state index contributed by atoms with van der Waals surface area (Å²) >= 11 is 11.8. The van der Waals surface area contributed by atoms with Gasteiger partial charge in [-0.25, -0.2) is 4.79 Å². The zero-order valence-electron chi connectivity index (χ0n) is 10.1. The lowest BCUT2D eigenvalue weighted by Crippen LogP contribution is -2.52. The van der Waals surface area contributed by atoms with Crippen molar-refractivity contribution in [2.24, 2.45) is 7.05 Å². The molecule has 2 heterocycles. The average molecular weight is 307 g/mol. The molecule has 1 aromatic rings. The molecule has 1 atom stereocenters. The smallest absolute Gasteiger partial charge is 0.328 e. The molecule has 0 aromatic carbocycles. The lowest BCUT2D eigenvalue weighted by Gasteiger charge is -2.32. The van der Waals surface area contributed by atoms with Crippen molar-refractivity contribution in [1.29, 1.82) is 0 Å². The van der Waals surface area contributed by atoms with E-state index in [0.29, 0.717) is 6.61 Å². The quantitative estimate of drug-likeness (QED) is 0.893. The molecule has 1 aliphatic rings. The Labute approximate surface area is 119 Å². The molecule has 0 saturated carbocycles. The summed E-state index contributed by atoms with van der Waals surface area (Å²) in [4.78, 5) is 24.8. The molecule has 0 spiro atoms. The Morgan fingerprint density at radius 2 is 2.16 bits per heavy atom. The maximum Gasteiger partial charge on any atom is 0.328 e. The van der Waals surface area contributed by atoms with Crippen LogP contribution in [0.3, 0.4) is 0 Å². The average Bonchev–Trinajstić information content (AvgIpc) is 2.65. The minimum absolute atomic E-state index is 0.0209. The van der Waals surface area contributed by atoms with E-state index in [1.54, 1.807) is 7.05 Å². The zero-order chi connectivity index (χ0) is 14.2. The van der Waals surface area contributed by atoms with Crippen LogP contribution < -0.4 is 0 Å². The highest BCUT2D eigenvalue weighted by Gasteiger charge is 2.34. The number of aliphatic carboxylic acids is 1. The van der Waals surface area contributed by atoms with E-state index in [-0.39, 0.29) is 29.0 Å². The van der Waals surface area contributed by atoms with Gasteiger partial charge in [0.15, 0.2) is 6.04 Å². The van der Waals surface area contributed by atoms with Crippen LogP contribution in [0.5, 0.6) is 0 Å². The number of halogens is 2. The maximum absolute atomic E-state index is 12.4. The van der Waals surface area contributed by atoms with Crippen molar-refractivity contribution in [3.05, 3.63) is 21.9 Å². The predicted octanol–water partition coefficient (Wildman–Crippen LogP) is 1.26. The normalized spacial score (nSPS) is 19.5. The number of hydrogen-bond acceptors (Lipinski definition) is 3. The van der Waals surface area contributed by atoms with Gasteiger partial charge in [-0.15, -0.1) is 0 Å². The molecule has 1 amide bonds. The Hall–Kier alpha value is -1.24. The summed E-state index contributed by atoms with van der Waals surface area (Å²) in [6.07, 6.45) is 0. The molecule has 0 unspecified atom stereocenters. The van der Waals surface area contributed by atoms with Gasteiger partial charge in [0, 0.05) is 13.6 Å². The fourth-order valence-corrected chi connectivity index (χ4v) is 2.32. The Bertz CT molecular complexity index is 529. The molecule has 1 fully saturated rings. The van der Waals surface area contributed by atoms with E-state index in [1.807, 2.05) is 0 Å². The topological polar surface area (TPSA) is 71.8 Å². The monoisotopic (exact) mass is 306 g/mol. The van der Waals surface area contributed by atoms with Crippen molar-refractivity contribution in [3.8, 4) is 0 Å². The Morgan fingerprint density at radius 3 is 2.68 bits per heavy atom. The first kappa shape index (κ1) is 14.2. The van der Waals surface area contributed by atoms with E-state index >= 15 is 0 Å². The van der Waals surface area contributed by atoms with Crippen LogP contribution in [0.2, 0.25) is 10.2 Å². The van der Waals surface area contributed by atoms with Crippen molar-refractivity contribution in [3.63, 3.8) is 0 Å². The molecule has 104 valence electrons. The second-order valence-electron chi connectivity index (χ2n) is 4.15. The molecule has 0 radical (unpaired) electrons. The Balaban J connectivity index is 2.31. The minimum atomic E-state index is -1.10. The van der Waals surface area contributed by atoms with Crippen LogP contribution in [0, 0.1) is 0 Å². The largest absolute Gasteiger partial charge is 0.480 e. The number of ether oxygens (including phenoxy) is 1. The van der Waals surface area contributed by atoms with Crippen molar-refractivity contribution in [2.45, 2.75) is 6.04 Å². The van der Waals surface area contributed by atoms with Crippen LogP contribution in [0.15, 0.2) is 6.07 Å². The van der Waals surface area contributed by atoms with Crippen LogP contribution >= 0.6 is 23.2 Å². The van der Waals surface area contributed by atoms with Crippen molar-refractivity contribution >= 4 is 35.1 Å². The predicted molar refractivity (Wildman–Crippen MR) is 68.7 cm³/mol. The van der Waals surface area contributed by atoms with Gasteiger partial charge in [0.2, 0.25) is 0 Å². The first-order valence-corrected chi connectivity index (χ1v) is 6.31.